The summed E-state index contributed by atoms with van der Waals surface area (Å²) in [7, 11) is 0. The molecule has 0 amide bonds. The normalized spacial score (nSPS) is 13.0. The number of rotatable bonds is 16. The molecule has 1 aromatic carbocycles. The quantitative estimate of drug-likeness (QED) is 0.193. The maximum Gasteiger partial charge on any atom is 0.339 e. The zero-order valence-electron chi connectivity index (χ0n) is 21.5. The Bertz CT molecular complexity index is 581. The molecule has 0 N–H and O–H groups in total. The first-order valence-electron chi connectivity index (χ1n) is 13.3. The summed E-state index contributed by atoms with van der Waals surface area (Å²) in [6.45, 7) is 8.29. The van der Waals surface area contributed by atoms with Crippen molar-refractivity contribution in [2.24, 2.45) is 0 Å². The lowest BCUT2D eigenvalue weighted by molar-refractivity contribution is -0.0334. The van der Waals surface area contributed by atoms with Crippen molar-refractivity contribution in [3.05, 3.63) is 35.4 Å². The molecule has 0 aromatic heterocycles. The van der Waals surface area contributed by atoms with E-state index >= 15 is 0 Å². The van der Waals surface area contributed by atoms with E-state index in [1.165, 1.54) is 51.4 Å². The fourth-order valence-electron chi connectivity index (χ4n) is 3.53. The molecule has 0 unspecified atom stereocenters. The van der Waals surface area contributed by atoms with Gasteiger partial charge >= 0.3 is 11.9 Å². The second-order valence-electron chi connectivity index (χ2n) is 8.58. The molecule has 2 rings (SSSR count). The van der Waals surface area contributed by atoms with Crippen LogP contribution in [0.15, 0.2) is 24.3 Å². The Morgan fingerprint density at radius 2 is 0.971 bits per heavy atom. The summed E-state index contributed by atoms with van der Waals surface area (Å²) < 4.78 is 20.6. The number of esters is 2. The van der Waals surface area contributed by atoms with Crippen molar-refractivity contribution in [3.8, 4) is 0 Å². The summed E-state index contributed by atoms with van der Waals surface area (Å²) in [6.07, 6.45) is 13.6. The predicted molar refractivity (Wildman–Crippen MR) is 135 cm³/mol. The van der Waals surface area contributed by atoms with Crippen LogP contribution in [0.1, 0.15) is 112 Å². The van der Waals surface area contributed by atoms with Crippen LogP contribution >= 0.6 is 0 Å². The van der Waals surface area contributed by atoms with Crippen LogP contribution in [-0.4, -0.2) is 51.6 Å². The summed E-state index contributed by atoms with van der Waals surface area (Å²) in [5.74, 6) is -0.888. The molecule has 0 saturated carbocycles. The molecule has 0 aliphatic carbocycles. The highest BCUT2D eigenvalue weighted by atomic mass is 16.6. The standard InChI is InChI=1S/C24H38O4.C4H8O2/c1-3-5-7-9-11-15-19-27-23(25)21-17-13-14-18-22(21)24(26)28-20-16-12-10-8-6-4-2;1-2-6-4-3-5-1/h13-14,17-18H,3-12,15-16,19-20H2,1-2H3;1-4H2. The van der Waals surface area contributed by atoms with E-state index in [9.17, 15) is 9.59 Å². The second-order valence-corrected chi connectivity index (χ2v) is 8.58. The van der Waals surface area contributed by atoms with Gasteiger partial charge < -0.3 is 18.9 Å². The van der Waals surface area contributed by atoms with Crippen LogP contribution in [0.25, 0.3) is 0 Å². The zero-order chi connectivity index (χ0) is 24.7. The van der Waals surface area contributed by atoms with Gasteiger partial charge in [-0.3, -0.25) is 0 Å². The average Bonchev–Trinajstić information content (AvgIpc) is 2.88. The third kappa shape index (κ3) is 15.1. The third-order valence-electron chi connectivity index (χ3n) is 5.57. The van der Waals surface area contributed by atoms with Crippen molar-refractivity contribution >= 4 is 11.9 Å². The van der Waals surface area contributed by atoms with Gasteiger partial charge in [0.2, 0.25) is 0 Å². The minimum absolute atomic E-state index is 0.293. The number of carbonyl (C=O) groups is 2. The largest absolute Gasteiger partial charge is 0.462 e. The number of ether oxygens (including phenoxy) is 4. The molecule has 1 heterocycles. The van der Waals surface area contributed by atoms with Crippen molar-refractivity contribution in [2.45, 2.75) is 90.9 Å². The molecular formula is C28H46O6. The van der Waals surface area contributed by atoms with Gasteiger partial charge in [-0.25, -0.2) is 9.59 Å². The van der Waals surface area contributed by atoms with Crippen LogP contribution in [0.2, 0.25) is 0 Å². The molecule has 0 bridgehead atoms. The topological polar surface area (TPSA) is 71.1 Å². The minimum Gasteiger partial charge on any atom is -0.462 e. The molecule has 0 radical (unpaired) electrons. The summed E-state index contributed by atoms with van der Waals surface area (Å²) >= 11 is 0. The van der Waals surface area contributed by atoms with Crippen LogP contribution < -0.4 is 0 Å². The number of benzene rings is 1. The maximum absolute atomic E-state index is 12.4. The Hall–Kier alpha value is -1.92. The van der Waals surface area contributed by atoms with Gasteiger partial charge in [0.1, 0.15) is 0 Å². The zero-order valence-corrected chi connectivity index (χ0v) is 21.5. The van der Waals surface area contributed by atoms with Gasteiger partial charge in [0, 0.05) is 0 Å². The van der Waals surface area contributed by atoms with Gasteiger partial charge in [-0.1, -0.05) is 90.2 Å². The van der Waals surface area contributed by atoms with Crippen LogP contribution in [0.3, 0.4) is 0 Å². The van der Waals surface area contributed by atoms with E-state index in [4.69, 9.17) is 18.9 Å². The van der Waals surface area contributed by atoms with Gasteiger partial charge in [-0.15, -0.1) is 0 Å². The molecule has 1 fully saturated rings. The Morgan fingerprint density at radius 1 is 0.618 bits per heavy atom. The van der Waals surface area contributed by atoms with Crippen LogP contribution in [0.4, 0.5) is 0 Å². The molecule has 194 valence electrons. The highest BCUT2D eigenvalue weighted by molar-refractivity contribution is 6.03. The van der Waals surface area contributed by atoms with Gasteiger partial charge in [-0.05, 0) is 25.0 Å². The van der Waals surface area contributed by atoms with E-state index in [2.05, 4.69) is 13.8 Å². The van der Waals surface area contributed by atoms with Crippen molar-refractivity contribution in [1.29, 1.82) is 0 Å². The molecule has 1 aliphatic rings. The average molecular weight is 479 g/mol. The smallest absolute Gasteiger partial charge is 0.339 e. The fraction of sp³-hybridized carbons (Fsp3) is 0.714. The van der Waals surface area contributed by atoms with Gasteiger partial charge in [0.05, 0.1) is 50.8 Å². The third-order valence-corrected chi connectivity index (χ3v) is 5.57. The van der Waals surface area contributed by atoms with E-state index in [0.717, 1.165) is 52.1 Å². The van der Waals surface area contributed by atoms with E-state index in [1.807, 2.05) is 0 Å². The fourth-order valence-corrected chi connectivity index (χ4v) is 3.53. The van der Waals surface area contributed by atoms with Gasteiger partial charge in [-0.2, -0.15) is 0 Å². The molecule has 1 aliphatic heterocycles. The Kier molecular flexibility index (Phi) is 19.1. The van der Waals surface area contributed by atoms with Crippen LogP contribution in [0, 0.1) is 0 Å². The Balaban J connectivity index is 0.000000830. The van der Waals surface area contributed by atoms with Gasteiger partial charge in [0.15, 0.2) is 0 Å². The van der Waals surface area contributed by atoms with Crippen LogP contribution in [-0.2, 0) is 18.9 Å². The van der Waals surface area contributed by atoms with E-state index in [0.29, 0.717) is 24.3 Å². The SMILES string of the molecule is C1COCCO1.CCCCCCCCOC(=O)c1ccccc1C(=O)OCCCCCCCC. The molecule has 1 saturated heterocycles. The first-order valence-corrected chi connectivity index (χ1v) is 13.3. The summed E-state index contributed by atoms with van der Waals surface area (Å²) in [5.41, 5.74) is 0.586. The van der Waals surface area contributed by atoms with Crippen molar-refractivity contribution in [2.75, 3.05) is 39.6 Å². The van der Waals surface area contributed by atoms with E-state index < -0.39 is 11.9 Å². The molecule has 0 atom stereocenters. The number of hydrogen-bond acceptors (Lipinski definition) is 6. The molecule has 0 spiro atoms. The molecule has 1 aromatic rings. The summed E-state index contributed by atoms with van der Waals surface area (Å²) in [5, 5.41) is 0. The van der Waals surface area contributed by atoms with Crippen molar-refractivity contribution in [1.82, 2.24) is 0 Å². The van der Waals surface area contributed by atoms with Crippen molar-refractivity contribution in [3.63, 3.8) is 0 Å². The highest BCUT2D eigenvalue weighted by Gasteiger charge is 2.18. The van der Waals surface area contributed by atoms with Gasteiger partial charge in [0.25, 0.3) is 0 Å². The first kappa shape index (κ1) is 30.1. The molecule has 6 heteroatoms. The lowest BCUT2D eigenvalue weighted by atomic mass is 10.1. The predicted octanol–water partition coefficient (Wildman–Crippen LogP) is 6.75. The molecular weight excluding hydrogens is 432 g/mol. The maximum atomic E-state index is 12.4. The van der Waals surface area contributed by atoms with Crippen LogP contribution in [0.5, 0.6) is 0 Å². The Morgan fingerprint density at radius 3 is 1.32 bits per heavy atom. The van der Waals surface area contributed by atoms with E-state index in [-0.39, 0.29) is 0 Å². The van der Waals surface area contributed by atoms with E-state index in [1.54, 1.807) is 24.3 Å². The number of hydrogen-bond donors (Lipinski definition) is 0. The second kappa shape index (κ2) is 21.6. The molecule has 6 nitrogen and oxygen atoms in total. The van der Waals surface area contributed by atoms with Crippen molar-refractivity contribution < 1.29 is 28.5 Å². The summed E-state index contributed by atoms with van der Waals surface area (Å²) in [4.78, 5) is 24.7. The molecule has 34 heavy (non-hydrogen) atoms. The summed E-state index contributed by atoms with van der Waals surface area (Å²) in [6, 6.07) is 6.74. The first-order chi connectivity index (χ1) is 16.7. The lowest BCUT2D eigenvalue weighted by Crippen LogP contribution is -2.16. The lowest BCUT2D eigenvalue weighted by Gasteiger charge is -2.10. The minimum atomic E-state index is -0.444. The number of unbranched alkanes of at least 4 members (excludes halogenated alkanes) is 10. The Labute approximate surface area is 206 Å². The number of carbonyl (C=O) groups excluding carboxylic acids is 2. The monoisotopic (exact) mass is 478 g/mol. The highest BCUT2D eigenvalue weighted by Crippen LogP contribution is 2.14.